The van der Waals surface area contributed by atoms with E-state index in [0.717, 1.165) is 19.4 Å². The van der Waals surface area contributed by atoms with Crippen molar-refractivity contribution >= 4 is 22.8 Å². The van der Waals surface area contributed by atoms with E-state index in [-0.39, 0.29) is 23.1 Å². The molecule has 2 aliphatic rings. The summed E-state index contributed by atoms with van der Waals surface area (Å²) < 4.78 is 6.07. The number of aromatic nitrogens is 2. The van der Waals surface area contributed by atoms with Gasteiger partial charge in [0.05, 0.1) is 11.4 Å². The lowest BCUT2D eigenvalue weighted by Gasteiger charge is -2.38. The number of carbonyl (C=O) groups is 1. The lowest BCUT2D eigenvalue weighted by molar-refractivity contribution is 0.0695. The van der Waals surface area contributed by atoms with Gasteiger partial charge in [-0.05, 0) is 18.9 Å². The third-order valence-electron chi connectivity index (χ3n) is 4.72. The molecule has 0 saturated carbocycles. The zero-order valence-corrected chi connectivity index (χ0v) is 13.0. The van der Waals surface area contributed by atoms with E-state index >= 15 is 0 Å². The molecule has 4 rings (SSSR count). The van der Waals surface area contributed by atoms with Crippen LogP contribution in [0, 0.1) is 0 Å². The maximum atomic E-state index is 12.4. The Morgan fingerprint density at radius 3 is 3.17 bits per heavy atom. The zero-order valence-electron chi connectivity index (χ0n) is 13.0. The molecule has 0 aliphatic carbocycles. The van der Waals surface area contributed by atoms with Gasteiger partial charge in [-0.3, -0.25) is 4.79 Å². The number of carboxylic acids is 1. The SMILES string of the molecule is C=CC[C@@H]1Oc2cc3c(=O)c(C(=O)O)c[nH]c3nc2N2CCC[C@@H]12. The highest BCUT2D eigenvalue weighted by molar-refractivity contribution is 5.92. The molecule has 2 aromatic heterocycles. The fraction of sp³-hybridized carbons (Fsp3) is 0.353. The van der Waals surface area contributed by atoms with Gasteiger partial charge in [-0.1, -0.05) is 6.08 Å². The summed E-state index contributed by atoms with van der Waals surface area (Å²) in [5, 5.41) is 9.33. The van der Waals surface area contributed by atoms with Gasteiger partial charge in [-0.15, -0.1) is 6.58 Å². The largest absolute Gasteiger partial charge is 0.484 e. The second kappa shape index (κ2) is 5.36. The lowest BCUT2D eigenvalue weighted by atomic mass is 10.0. The molecule has 0 unspecified atom stereocenters. The molecule has 24 heavy (non-hydrogen) atoms. The van der Waals surface area contributed by atoms with Crippen molar-refractivity contribution in [2.75, 3.05) is 11.4 Å². The maximum absolute atomic E-state index is 12.4. The van der Waals surface area contributed by atoms with E-state index in [4.69, 9.17) is 9.84 Å². The summed E-state index contributed by atoms with van der Waals surface area (Å²) >= 11 is 0. The molecule has 2 aliphatic heterocycles. The van der Waals surface area contributed by atoms with E-state index in [9.17, 15) is 9.59 Å². The third kappa shape index (κ3) is 2.08. The highest BCUT2D eigenvalue weighted by Gasteiger charge is 2.39. The van der Waals surface area contributed by atoms with Crippen LogP contribution in [0.1, 0.15) is 29.6 Å². The number of rotatable bonds is 3. The number of H-pyrrole nitrogens is 1. The number of nitrogens with zero attached hydrogens (tertiary/aromatic N) is 2. The van der Waals surface area contributed by atoms with Gasteiger partial charge in [-0.25, -0.2) is 9.78 Å². The van der Waals surface area contributed by atoms with Crippen LogP contribution < -0.4 is 15.1 Å². The number of aromatic amines is 1. The van der Waals surface area contributed by atoms with Gasteiger partial charge in [-0.2, -0.15) is 0 Å². The predicted molar refractivity (Wildman–Crippen MR) is 88.9 cm³/mol. The number of nitrogens with one attached hydrogen (secondary N) is 1. The van der Waals surface area contributed by atoms with Crippen LogP contribution in [-0.4, -0.2) is 39.7 Å². The second-order valence-corrected chi connectivity index (χ2v) is 6.13. The molecule has 7 heteroatoms. The number of ether oxygens (including phenoxy) is 1. The molecule has 1 saturated heterocycles. The highest BCUT2D eigenvalue weighted by atomic mass is 16.5. The molecule has 2 aromatic rings. The van der Waals surface area contributed by atoms with Crippen LogP contribution in [0.15, 0.2) is 29.7 Å². The normalized spacial score (nSPS) is 21.9. The van der Waals surface area contributed by atoms with Gasteiger partial charge in [0.2, 0.25) is 5.43 Å². The zero-order chi connectivity index (χ0) is 16.8. The Morgan fingerprint density at radius 2 is 2.42 bits per heavy atom. The molecule has 0 radical (unpaired) electrons. The molecular weight excluding hydrogens is 310 g/mol. The van der Waals surface area contributed by atoms with E-state index in [1.54, 1.807) is 6.07 Å². The molecule has 2 atom stereocenters. The summed E-state index contributed by atoms with van der Waals surface area (Å²) in [4.78, 5) is 33.1. The third-order valence-corrected chi connectivity index (χ3v) is 4.72. The first-order chi connectivity index (χ1) is 11.6. The van der Waals surface area contributed by atoms with Gasteiger partial charge >= 0.3 is 5.97 Å². The predicted octanol–water partition coefficient (Wildman–Crippen LogP) is 1.93. The summed E-state index contributed by atoms with van der Waals surface area (Å²) in [7, 11) is 0. The van der Waals surface area contributed by atoms with Crippen LogP contribution in [0.3, 0.4) is 0 Å². The summed E-state index contributed by atoms with van der Waals surface area (Å²) in [5.41, 5.74) is -0.485. The molecule has 0 amide bonds. The number of anilines is 1. The van der Waals surface area contributed by atoms with Crippen molar-refractivity contribution in [2.24, 2.45) is 0 Å². The van der Waals surface area contributed by atoms with Gasteiger partial charge in [0.25, 0.3) is 0 Å². The Hall–Kier alpha value is -2.83. The van der Waals surface area contributed by atoms with Gasteiger partial charge in [0, 0.05) is 19.2 Å². The van der Waals surface area contributed by atoms with Crippen molar-refractivity contribution in [3.8, 4) is 5.75 Å². The standard InChI is InChI=1S/C17H17N3O4/c1-2-4-12-11-5-3-6-20(11)16-13(24-12)7-9-14(21)10(17(22)23)8-18-15(9)19-16/h2,7-8,11-12H,1,3-6H2,(H,22,23)(H,18,19,21)/t11-,12-/m0/s1. The molecule has 0 bridgehead atoms. The van der Waals surface area contributed by atoms with Crippen LogP contribution in [0.25, 0.3) is 11.0 Å². The van der Waals surface area contributed by atoms with Crippen LogP contribution in [0.4, 0.5) is 5.82 Å². The molecule has 7 nitrogen and oxygen atoms in total. The van der Waals surface area contributed by atoms with Crippen LogP contribution in [0.2, 0.25) is 0 Å². The minimum Gasteiger partial charge on any atom is -0.484 e. The van der Waals surface area contributed by atoms with Crippen molar-refractivity contribution < 1.29 is 14.6 Å². The van der Waals surface area contributed by atoms with E-state index in [1.165, 1.54) is 6.20 Å². The van der Waals surface area contributed by atoms with Crippen LogP contribution in [0.5, 0.6) is 5.75 Å². The molecule has 4 heterocycles. The first-order valence-electron chi connectivity index (χ1n) is 7.94. The van der Waals surface area contributed by atoms with Gasteiger partial charge in [0.15, 0.2) is 11.6 Å². The minimum atomic E-state index is -1.26. The number of hydrogen-bond acceptors (Lipinski definition) is 5. The van der Waals surface area contributed by atoms with Gasteiger partial charge in [0.1, 0.15) is 17.3 Å². The summed E-state index contributed by atoms with van der Waals surface area (Å²) in [6.45, 7) is 4.68. The number of fused-ring (bicyclic) bond motifs is 4. The summed E-state index contributed by atoms with van der Waals surface area (Å²) in [5.74, 6) is -0.0227. The smallest absolute Gasteiger partial charge is 0.341 e. The van der Waals surface area contributed by atoms with E-state index in [0.29, 0.717) is 23.6 Å². The summed E-state index contributed by atoms with van der Waals surface area (Å²) in [6.07, 6.45) is 5.80. The van der Waals surface area contributed by atoms with Crippen LogP contribution >= 0.6 is 0 Å². The number of hydrogen-bond donors (Lipinski definition) is 2. The van der Waals surface area contributed by atoms with Crippen LogP contribution in [-0.2, 0) is 0 Å². The first kappa shape index (κ1) is 14.7. The summed E-state index contributed by atoms with van der Waals surface area (Å²) in [6, 6.07) is 1.86. The van der Waals surface area contributed by atoms with E-state index in [1.807, 2.05) is 6.08 Å². The Balaban J connectivity index is 1.90. The number of pyridine rings is 2. The van der Waals surface area contributed by atoms with Crippen molar-refractivity contribution in [2.45, 2.75) is 31.4 Å². The molecule has 0 spiro atoms. The average molecular weight is 327 g/mol. The number of aromatic carboxylic acids is 1. The van der Waals surface area contributed by atoms with Crippen molar-refractivity contribution in [3.63, 3.8) is 0 Å². The fourth-order valence-electron chi connectivity index (χ4n) is 3.62. The molecule has 0 aromatic carbocycles. The van der Waals surface area contributed by atoms with Crippen molar-refractivity contribution in [1.29, 1.82) is 0 Å². The van der Waals surface area contributed by atoms with Crippen molar-refractivity contribution in [1.82, 2.24) is 9.97 Å². The molecule has 1 fully saturated rings. The van der Waals surface area contributed by atoms with Gasteiger partial charge < -0.3 is 19.7 Å². The maximum Gasteiger partial charge on any atom is 0.341 e. The Bertz CT molecular complexity index is 905. The Labute approximate surface area is 137 Å². The van der Waals surface area contributed by atoms with E-state index in [2.05, 4.69) is 21.4 Å². The minimum absolute atomic E-state index is 0.0292. The van der Waals surface area contributed by atoms with Crippen molar-refractivity contribution in [3.05, 3.63) is 40.7 Å². The highest BCUT2D eigenvalue weighted by Crippen LogP contribution is 2.40. The van der Waals surface area contributed by atoms with E-state index < -0.39 is 11.4 Å². The molecule has 124 valence electrons. The molecule has 2 N–H and O–H groups in total. The first-order valence-corrected chi connectivity index (χ1v) is 7.94. The Morgan fingerprint density at radius 1 is 1.58 bits per heavy atom. The quantitative estimate of drug-likeness (QED) is 0.836. The second-order valence-electron chi connectivity index (χ2n) is 6.13. The topological polar surface area (TPSA) is 95.5 Å². The Kier molecular flexibility index (Phi) is 3.30. The number of carboxylic acid groups (broad SMARTS) is 1. The fourth-order valence-corrected chi connectivity index (χ4v) is 3.62. The monoisotopic (exact) mass is 327 g/mol. The lowest BCUT2D eigenvalue weighted by Crippen LogP contribution is -2.46. The molecular formula is C17H17N3O4. The average Bonchev–Trinajstić information content (AvgIpc) is 3.04.